The number of nitrogens with one attached hydrogen (secondary N) is 4. The highest BCUT2D eigenvalue weighted by Crippen LogP contribution is 2.77. The zero-order chi connectivity index (χ0) is 55.4. The molecule has 420 valence electrons. The molecule has 5 aromatic rings. The van der Waals surface area contributed by atoms with E-state index in [1.54, 1.807) is 29.0 Å². The number of anilines is 1. The lowest BCUT2D eigenvalue weighted by Crippen LogP contribution is -2.54. The maximum Gasteiger partial charge on any atom is 0.189 e. The van der Waals surface area contributed by atoms with Crippen molar-refractivity contribution in [3.8, 4) is 39.2 Å². The van der Waals surface area contributed by atoms with E-state index in [-0.39, 0.29) is 83.0 Å². The summed E-state index contributed by atoms with van der Waals surface area (Å²) in [5.41, 5.74) is 12.4. The summed E-state index contributed by atoms with van der Waals surface area (Å²) in [6, 6.07) is 16.5. The number of aliphatic hydroxyl groups excluding tert-OH is 1. The van der Waals surface area contributed by atoms with E-state index in [1.807, 2.05) is 45.3 Å². The summed E-state index contributed by atoms with van der Waals surface area (Å²) in [6.45, 7) is 4.67. The average molecular weight is 1120 g/mol. The number of carbonyl (C=O) groups is 1. The van der Waals surface area contributed by atoms with Crippen LogP contribution >= 0.6 is 22.7 Å². The zero-order valence-corrected chi connectivity index (χ0v) is 48.6. The number of nitrogens with zero attached hydrogens (tertiary/aromatic N) is 2. The van der Waals surface area contributed by atoms with Gasteiger partial charge in [-0.2, -0.15) is 0 Å². The summed E-state index contributed by atoms with van der Waals surface area (Å²) < 4.78 is 0. The van der Waals surface area contributed by atoms with Gasteiger partial charge in [0.1, 0.15) is 5.75 Å². The lowest BCUT2D eigenvalue weighted by atomic mass is 9.47. The van der Waals surface area contributed by atoms with Crippen LogP contribution in [0.3, 0.4) is 0 Å². The number of aliphatic imine (C=N–C) groups is 1. The molecule has 3 spiro atoms. The minimum atomic E-state index is -1.25. The second-order valence-corrected chi connectivity index (χ2v) is 28.3. The van der Waals surface area contributed by atoms with Gasteiger partial charge in [-0.1, -0.05) is 79.5 Å². The molecule has 2 aliphatic heterocycles. The Kier molecular flexibility index (Phi) is 13.4. The fraction of sp³-hybridized carbons (Fsp3) is 0.515. The number of carbonyl (C=O) groups excluding carboxylic acids is 1. The van der Waals surface area contributed by atoms with Crippen molar-refractivity contribution in [3.63, 3.8) is 0 Å². The number of imidazole rings is 1. The molecule has 0 saturated heterocycles. The largest absolute Gasteiger partial charge is 0.507 e. The maximum atomic E-state index is 16.3. The van der Waals surface area contributed by atoms with Crippen LogP contribution in [-0.2, 0) is 12.8 Å². The van der Waals surface area contributed by atoms with Crippen LogP contribution in [0, 0.1) is 75.4 Å². The third-order valence-electron chi connectivity index (χ3n) is 22.0. The fourth-order valence-corrected chi connectivity index (χ4v) is 20.7. The van der Waals surface area contributed by atoms with E-state index in [0.29, 0.717) is 30.8 Å². The summed E-state index contributed by atoms with van der Waals surface area (Å²) in [5, 5.41) is 48.7. The topological polar surface area (TPSA) is 181 Å². The molecular formula is C68H77N7O4S2. The number of aliphatic hydroxyl groups is 2. The van der Waals surface area contributed by atoms with E-state index in [2.05, 4.69) is 104 Å². The lowest BCUT2D eigenvalue weighted by Gasteiger charge is -2.57. The number of thiophene rings is 2. The van der Waals surface area contributed by atoms with Crippen LogP contribution in [-0.4, -0.2) is 81.0 Å². The van der Waals surface area contributed by atoms with Crippen LogP contribution in [0.1, 0.15) is 163 Å². The molecule has 14 rings (SSSR count). The lowest BCUT2D eigenvalue weighted by molar-refractivity contribution is -0.0196. The van der Waals surface area contributed by atoms with E-state index in [1.165, 1.54) is 17.5 Å². The molecule has 81 heavy (non-hydrogen) atoms. The van der Waals surface area contributed by atoms with Crippen molar-refractivity contribution < 1.29 is 20.1 Å². The first-order valence-corrected chi connectivity index (χ1v) is 31.9. The van der Waals surface area contributed by atoms with Gasteiger partial charge in [0.05, 0.1) is 45.0 Å². The van der Waals surface area contributed by atoms with E-state index in [0.717, 1.165) is 125 Å². The van der Waals surface area contributed by atoms with Crippen molar-refractivity contribution in [1.29, 1.82) is 0 Å². The predicted octanol–water partition coefficient (Wildman–Crippen LogP) is 11.3. The van der Waals surface area contributed by atoms with Crippen molar-refractivity contribution in [3.05, 3.63) is 128 Å². The number of aromatic amines is 1. The Morgan fingerprint density at radius 3 is 2.65 bits per heavy atom. The van der Waals surface area contributed by atoms with Gasteiger partial charge in [-0.05, 0) is 191 Å². The number of allylic oxidation sites excluding steroid dienone is 1. The number of aromatic nitrogens is 2. The summed E-state index contributed by atoms with van der Waals surface area (Å²) in [6.07, 6.45) is 26.0. The number of phenolic OH excluding ortho intramolecular Hbond substituents is 1. The second-order valence-electron chi connectivity index (χ2n) is 26.2. The van der Waals surface area contributed by atoms with Crippen molar-refractivity contribution >= 4 is 46.2 Å². The number of Topliss-reactive ketones (excluding diaryl/α,β-unsaturated/α-hetero) is 1. The van der Waals surface area contributed by atoms with Gasteiger partial charge in [0.15, 0.2) is 11.7 Å². The number of H-pyrrole nitrogens is 1. The molecule has 9 aliphatic rings. The molecule has 4 saturated carbocycles. The van der Waals surface area contributed by atoms with Gasteiger partial charge in [0, 0.05) is 69.4 Å². The van der Waals surface area contributed by atoms with Gasteiger partial charge >= 0.3 is 0 Å². The van der Waals surface area contributed by atoms with Crippen LogP contribution in [0.15, 0.2) is 84.3 Å². The standard InChI is InChI=1S/C68H77N7O4S2/c1-4-9-43-14-20-55(80-43)56-21-22-57(81-56)63(78)51-26-28-66-27-25-50-61(67(37-68(50,51)36-66)29-24-40(33-70-3)52(67)35-76)47-17-15-44-41(31-59(66)75-64(69)73-42-11-6-5-7-12-42)30-54(77)49-19-23-58(74-62(44)49)65(2,79)32-39-10-8-13-46-45(47)16-18-48(60(39)46)53-34-71-38-72-53/h8,10,13-14,19-23,25,27,30,34,38,40,42,45,47-48,50-52,58-59,61,70,74,76-77,79H,5-7,11-12,16,18,24,26,28-29,31-33,35-37H2,1-3H3,(H,71,72)(H3,69,73,75)/t40-,45-,47+,48+,50+,51+,52-,58+,59-,61+,65+,66+,67-,68-/m0/s1. The molecule has 5 heterocycles. The summed E-state index contributed by atoms with van der Waals surface area (Å²) in [4.78, 5) is 34.1. The number of aromatic hydroxyl groups is 1. The highest BCUT2D eigenvalue weighted by atomic mass is 32.1. The molecule has 2 aromatic carbocycles. The Balaban J connectivity index is 1.03. The SMILES string of the molecule is CC#Cc1ccc(-c2ccc(C(=O)[C@H]3CC[C@@]45C=C[C@@H]6[C@@H]([C@@H]7C#Cc8c(cc(O)c9c8N[C@H](C=C9)[C@](C)(O)Cc8cccc9c8[C@@H](c8cnc[nH]8)CC[C@@H]97)C[C@@H]4N=C(N)NC4CCCCC4)[C@@]4(CC[C@@H](CNC)[C@@H]4CO)C[C@]36C5)s2)s1. The Hall–Kier alpha value is -5.93. The van der Waals surface area contributed by atoms with E-state index in [4.69, 9.17) is 10.7 Å². The van der Waals surface area contributed by atoms with Gasteiger partial charge in [-0.3, -0.25) is 4.79 Å². The molecule has 3 aromatic heterocycles. The van der Waals surface area contributed by atoms with Crippen molar-refractivity contribution in [2.24, 2.45) is 62.5 Å². The number of benzene rings is 2. The fourth-order valence-electron chi connectivity index (χ4n) is 18.7. The molecule has 14 atom stereocenters. The molecule has 7 aliphatic carbocycles. The first-order valence-electron chi connectivity index (χ1n) is 30.2. The summed E-state index contributed by atoms with van der Waals surface area (Å²) in [7, 11) is 2.04. The third kappa shape index (κ3) is 8.64. The Labute approximate surface area is 485 Å². The smallest absolute Gasteiger partial charge is 0.189 e. The van der Waals surface area contributed by atoms with E-state index < -0.39 is 22.5 Å². The quantitative estimate of drug-likeness (QED) is 0.0234. The number of hydrogen-bond donors (Lipinski definition) is 8. The van der Waals surface area contributed by atoms with Gasteiger partial charge in [0.25, 0.3) is 0 Å². The Morgan fingerprint density at radius 2 is 1.84 bits per heavy atom. The molecular weight excluding hydrogens is 1040 g/mol. The highest BCUT2D eigenvalue weighted by molar-refractivity contribution is 7.23. The van der Waals surface area contributed by atoms with Gasteiger partial charge in [0.2, 0.25) is 0 Å². The molecule has 11 bridgehead atoms. The molecule has 4 fully saturated rings. The normalized spacial score (nSPS) is 35.1. The third-order valence-corrected chi connectivity index (χ3v) is 24.3. The van der Waals surface area contributed by atoms with Gasteiger partial charge in [-0.15, -0.1) is 28.6 Å². The molecule has 9 N–H and O–H groups in total. The van der Waals surface area contributed by atoms with Crippen molar-refractivity contribution in [1.82, 2.24) is 20.6 Å². The Morgan fingerprint density at radius 1 is 0.988 bits per heavy atom. The van der Waals surface area contributed by atoms with Crippen LogP contribution in [0.25, 0.3) is 15.8 Å². The monoisotopic (exact) mass is 1120 g/mol. The second kappa shape index (κ2) is 20.4. The zero-order valence-electron chi connectivity index (χ0n) is 47.0. The van der Waals surface area contributed by atoms with E-state index in [9.17, 15) is 15.3 Å². The number of hydrogen-bond acceptors (Lipinski definition) is 10. The maximum absolute atomic E-state index is 16.3. The van der Waals surface area contributed by atoms with Crippen LogP contribution < -0.4 is 21.7 Å². The number of rotatable bonds is 9. The van der Waals surface area contributed by atoms with Crippen molar-refractivity contribution in [2.45, 2.75) is 146 Å². The Bertz CT molecular complexity index is 3510. The molecule has 0 amide bonds. The minimum Gasteiger partial charge on any atom is -0.507 e. The predicted molar refractivity (Wildman–Crippen MR) is 324 cm³/mol. The first-order chi connectivity index (χ1) is 39.4. The number of fused-ring (bicyclic) bond motifs is 5. The van der Waals surface area contributed by atoms with Crippen molar-refractivity contribution in [2.75, 3.05) is 25.5 Å². The van der Waals surface area contributed by atoms with Crippen LogP contribution in [0.2, 0.25) is 0 Å². The van der Waals surface area contributed by atoms with Crippen LogP contribution in [0.5, 0.6) is 5.75 Å². The van der Waals surface area contributed by atoms with Gasteiger partial charge < -0.3 is 42.0 Å². The first kappa shape index (κ1) is 53.1. The summed E-state index contributed by atoms with van der Waals surface area (Å²) in [5.74, 6) is 15.1. The van der Waals surface area contributed by atoms with Gasteiger partial charge in [-0.25, -0.2) is 9.98 Å². The molecule has 0 unspecified atom stereocenters. The van der Waals surface area contributed by atoms with Crippen LogP contribution in [0.4, 0.5) is 5.69 Å². The average Bonchev–Trinajstić information content (AvgIpc) is 2.02. The van der Waals surface area contributed by atoms with E-state index >= 15 is 4.79 Å². The highest BCUT2D eigenvalue weighted by Gasteiger charge is 2.73. The molecule has 13 heteroatoms. The number of phenols is 1. The summed E-state index contributed by atoms with van der Waals surface area (Å²) >= 11 is 3.30. The number of ketones is 1. The number of guanidine groups is 1. The molecule has 0 radical (unpaired) electrons. The number of nitrogens with two attached hydrogens (primary N) is 1. The molecule has 11 nitrogen and oxygen atoms in total. The minimum absolute atomic E-state index is 0.00995.